The van der Waals surface area contributed by atoms with Crippen LogP contribution in [0.25, 0.3) is 0 Å². The number of rotatable bonds is 9. The van der Waals surface area contributed by atoms with Gasteiger partial charge in [-0.3, -0.25) is 0 Å². The lowest BCUT2D eigenvalue weighted by Gasteiger charge is -2.26. The van der Waals surface area contributed by atoms with Crippen molar-refractivity contribution in [2.45, 2.75) is 103 Å². The monoisotopic (exact) mass is 306 g/mol. The molecule has 0 aromatic heterocycles. The van der Waals surface area contributed by atoms with Crippen LogP contribution in [0.15, 0.2) is 0 Å². The summed E-state index contributed by atoms with van der Waals surface area (Å²) in [6.45, 7) is 2.44. The summed E-state index contributed by atoms with van der Waals surface area (Å²) >= 11 is 0. The maximum absolute atomic E-state index is 10.8. The molecular weight excluding hydrogens is 268 g/mol. The molecule has 1 nitrogen and oxygen atoms in total. The third kappa shape index (κ3) is 6.84. The van der Waals surface area contributed by atoms with Crippen LogP contribution in [0, 0.1) is 23.7 Å². The van der Waals surface area contributed by atoms with E-state index in [1.54, 1.807) is 0 Å². The van der Waals surface area contributed by atoms with E-state index in [0.29, 0.717) is 5.92 Å². The molecule has 0 aromatic rings. The van der Waals surface area contributed by atoms with Crippen molar-refractivity contribution in [1.82, 2.24) is 0 Å². The minimum Gasteiger partial charge on any atom is -0.303 e. The predicted octanol–water partition coefficient (Wildman–Crippen LogP) is 6.55. The van der Waals surface area contributed by atoms with Crippen LogP contribution < -0.4 is 0 Å². The Bertz CT molecular complexity index is 290. The molecule has 22 heavy (non-hydrogen) atoms. The molecule has 0 aromatic carbocycles. The lowest BCUT2D eigenvalue weighted by Crippen LogP contribution is -2.15. The number of aldehydes is 1. The van der Waals surface area contributed by atoms with Gasteiger partial charge in [-0.2, -0.15) is 0 Å². The van der Waals surface area contributed by atoms with Gasteiger partial charge in [-0.05, 0) is 49.9 Å². The fraction of sp³-hybridized carbons (Fsp3) is 0.952. The minimum absolute atomic E-state index is 0.388. The van der Waals surface area contributed by atoms with Crippen LogP contribution in [0.2, 0.25) is 0 Å². The average molecular weight is 307 g/mol. The molecule has 0 N–H and O–H groups in total. The van der Waals surface area contributed by atoms with E-state index in [1.807, 2.05) is 0 Å². The maximum atomic E-state index is 10.8. The van der Waals surface area contributed by atoms with Crippen molar-refractivity contribution in [2.24, 2.45) is 23.7 Å². The standard InChI is InChI=1S/C21H38O/c1-18-8-7-11-20(16-18)10-6-4-2-3-5-9-19-12-14-21(17-22)15-13-19/h17-21H,2-16H2,1H3. The summed E-state index contributed by atoms with van der Waals surface area (Å²) in [4.78, 5) is 10.8. The SMILES string of the molecule is CC1CCCC(CCCCCCCC2CCC(C=O)CC2)C1. The molecule has 2 atom stereocenters. The highest BCUT2D eigenvalue weighted by molar-refractivity contribution is 5.53. The second-order valence-corrected chi connectivity index (χ2v) is 8.40. The minimum atomic E-state index is 0.388. The summed E-state index contributed by atoms with van der Waals surface area (Å²) in [6.07, 6.45) is 22.3. The highest BCUT2D eigenvalue weighted by Gasteiger charge is 2.20. The quantitative estimate of drug-likeness (QED) is 0.349. The van der Waals surface area contributed by atoms with Crippen LogP contribution in [0.1, 0.15) is 103 Å². The molecule has 0 spiro atoms. The van der Waals surface area contributed by atoms with Gasteiger partial charge in [0, 0.05) is 5.92 Å². The predicted molar refractivity (Wildman–Crippen MR) is 95.0 cm³/mol. The van der Waals surface area contributed by atoms with Crippen LogP contribution in [0.4, 0.5) is 0 Å². The van der Waals surface area contributed by atoms with E-state index in [1.165, 1.54) is 89.8 Å². The highest BCUT2D eigenvalue weighted by Crippen LogP contribution is 2.33. The van der Waals surface area contributed by atoms with E-state index >= 15 is 0 Å². The Morgan fingerprint density at radius 2 is 1.41 bits per heavy atom. The third-order valence-electron chi connectivity index (χ3n) is 6.35. The van der Waals surface area contributed by atoms with Crippen LogP contribution in [-0.4, -0.2) is 6.29 Å². The Hall–Kier alpha value is -0.330. The van der Waals surface area contributed by atoms with Crippen molar-refractivity contribution in [1.29, 1.82) is 0 Å². The van der Waals surface area contributed by atoms with Gasteiger partial charge in [-0.25, -0.2) is 0 Å². The Morgan fingerprint density at radius 1 is 0.773 bits per heavy atom. The Kier molecular flexibility index (Phi) is 8.55. The molecular formula is C21H38O. The van der Waals surface area contributed by atoms with Crippen molar-refractivity contribution in [3.05, 3.63) is 0 Å². The number of unbranched alkanes of at least 4 members (excludes halogenated alkanes) is 4. The van der Waals surface area contributed by atoms with Gasteiger partial charge in [0.2, 0.25) is 0 Å². The topological polar surface area (TPSA) is 17.1 Å². The largest absolute Gasteiger partial charge is 0.303 e. The first-order valence-electron chi connectivity index (χ1n) is 10.2. The van der Waals surface area contributed by atoms with Gasteiger partial charge < -0.3 is 4.79 Å². The van der Waals surface area contributed by atoms with E-state index in [4.69, 9.17) is 0 Å². The molecule has 1 heteroatoms. The summed E-state index contributed by atoms with van der Waals surface area (Å²) in [5.74, 6) is 3.36. The van der Waals surface area contributed by atoms with Crippen molar-refractivity contribution in [3.63, 3.8) is 0 Å². The van der Waals surface area contributed by atoms with Gasteiger partial charge >= 0.3 is 0 Å². The second kappa shape index (κ2) is 10.4. The number of carbonyl (C=O) groups excluding carboxylic acids is 1. The molecule has 2 rings (SSSR count). The van der Waals surface area contributed by atoms with Crippen molar-refractivity contribution < 1.29 is 4.79 Å². The maximum Gasteiger partial charge on any atom is 0.123 e. The van der Waals surface area contributed by atoms with Crippen LogP contribution in [0.5, 0.6) is 0 Å². The highest BCUT2D eigenvalue weighted by atomic mass is 16.1. The average Bonchev–Trinajstić information content (AvgIpc) is 2.54. The third-order valence-corrected chi connectivity index (χ3v) is 6.35. The summed E-state index contributed by atoms with van der Waals surface area (Å²) in [5.41, 5.74) is 0. The van der Waals surface area contributed by atoms with Crippen LogP contribution in [-0.2, 0) is 4.79 Å². The molecule has 0 bridgehead atoms. The summed E-state index contributed by atoms with van der Waals surface area (Å²) in [6, 6.07) is 0. The van der Waals surface area contributed by atoms with Gasteiger partial charge in [-0.15, -0.1) is 0 Å². The number of carbonyl (C=O) groups is 1. The van der Waals surface area contributed by atoms with E-state index in [2.05, 4.69) is 6.92 Å². The molecule has 2 aliphatic rings. The lowest BCUT2D eigenvalue weighted by atomic mass is 9.79. The summed E-state index contributed by atoms with van der Waals surface area (Å²) in [5, 5.41) is 0. The summed E-state index contributed by atoms with van der Waals surface area (Å²) in [7, 11) is 0. The molecule has 128 valence electrons. The lowest BCUT2D eigenvalue weighted by molar-refractivity contribution is -0.112. The Balaban J connectivity index is 1.39. The van der Waals surface area contributed by atoms with E-state index in [9.17, 15) is 4.79 Å². The molecule has 0 amide bonds. The number of hydrogen-bond acceptors (Lipinski definition) is 1. The fourth-order valence-corrected chi connectivity index (χ4v) is 4.83. The van der Waals surface area contributed by atoms with Gasteiger partial charge in [0.15, 0.2) is 0 Å². The van der Waals surface area contributed by atoms with Gasteiger partial charge in [0.1, 0.15) is 6.29 Å². The summed E-state index contributed by atoms with van der Waals surface area (Å²) < 4.78 is 0. The molecule has 2 fully saturated rings. The second-order valence-electron chi connectivity index (χ2n) is 8.40. The van der Waals surface area contributed by atoms with E-state index in [-0.39, 0.29) is 0 Å². The van der Waals surface area contributed by atoms with Crippen molar-refractivity contribution >= 4 is 6.29 Å². The molecule has 0 radical (unpaired) electrons. The Labute approximate surface area is 138 Å². The Morgan fingerprint density at radius 3 is 2.05 bits per heavy atom. The van der Waals surface area contributed by atoms with Crippen LogP contribution >= 0.6 is 0 Å². The molecule has 0 aliphatic heterocycles. The smallest absolute Gasteiger partial charge is 0.123 e. The molecule has 0 saturated heterocycles. The van der Waals surface area contributed by atoms with Gasteiger partial charge in [0.05, 0.1) is 0 Å². The normalized spacial score (nSPS) is 32.8. The number of hydrogen-bond donors (Lipinski definition) is 0. The van der Waals surface area contributed by atoms with E-state index in [0.717, 1.165) is 30.6 Å². The molecule has 0 heterocycles. The fourth-order valence-electron chi connectivity index (χ4n) is 4.83. The van der Waals surface area contributed by atoms with Crippen molar-refractivity contribution in [3.8, 4) is 0 Å². The van der Waals surface area contributed by atoms with E-state index < -0.39 is 0 Å². The first-order chi connectivity index (χ1) is 10.8. The van der Waals surface area contributed by atoms with Crippen LogP contribution in [0.3, 0.4) is 0 Å². The first-order valence-corrected chi connectivity index (χ1v) is 10.2. The first kappa shape index (κ1) is 18.0. The molecule has 2 aliphatic carbocycles. The van der Waals surface area contributed by atoms with Gasteiger partial charge in [0.25, 0.3) is 0 Å². The van der Waals surface area contributed by atoms with Crippen molar-refractivity contribution in [2.75, 3.05) is 0 Å². The molecule has 2 saturated carbocycles. The van der Waals surface area contributed by atoms with Gasteiger partial charge in [-0.1, -0.05) is 71.1 Å². The zero-order valence-electron chi connectivity index (χ0n) is 14.9. The zero-order chi connectivity index (χ0) is 15.6. The molecule has 2 unspecified atom stereocenters. The zero-order valence-corrected chi connectivity index (χ0v) is 14.9.